The molecule has 0 aromatic heterocycles. The molecule has 1 nitrogen and oxygen atoms in total. The van der Waals surface area contributed by atoms with E-state index in [2.05, 4.69) is 32.5 Å². The number of nitrogens with zero attached hydrogens (tertiary/aromatic N) is 1. The minimum Gasteiger partial charge on any atom is -0.425 e. The van der Waals surface area contributed by atoms with Gasteiger partial charge in [0.25, 0.3) is 0 Å². The van der Waals surface area contributed by atoms with Gasteiger partial charge in [0.2, 0.25) is 7.31 Å². The summed E-state index contributed by atoms with van der Waals surface area (Å²) >= 11 is 0. The number of rotatable bonds is 0. The predicted octanol–water partition coefficient (Wildman–Crippen LogP) is 2.23. The van der Waals surface area contributed by atoms with Gasteiger partial charge in [-0.15, -0.1) is 0 Å². The van der Waals surface area contributed by atoms with Gasteiger partial charge in [-0.25, -0.2) is 0 Å². The van der Waals surface area contributed by atoms with Crippen molar-refractivity contribution in [2.75, 3.05) is 0 Å². The van der Waals surface area contributed by atoms with Crippen molar-refractivity contribution in [3.8, 4) is 0 Å². The third-order valence-electron chi connectivity index (χ3n) is 3.89. The standard InChI is InChI=1S/C12H23B2N/c1-9-6-5-7-11-10(8-9)13-14-15(11)12(2,3)4/h9,13-14H,5-8H2,1-4H3. The molecule has 0 spiro atoms. The molecule has 2 aliphatic rings. The lowest BCUT2D eigenvalue weighted by Crippen LogP contribution is -2.41. The summed E-state index contributed by atoms with van der Waals surface area (Å²) in [6.45, 7) is 9.45. The van der Waals surface area contributed by atoms with E-state index in [-0.39, 0.29) is 0 Å². The highest BCUT2D eigenvalue weighted by Crippen LogP contribution is 2.35. The monoisotopic (exact) mass is 203 g/mol. The van der Waals surface area contributed by atoms with Crippen molar-refractivity contribution in [1.29, 1.82) is 0 Å². The minimum atomic E-state index is 0.324. The highest BCUT2D eigenvalue weighted by Gasteiger charge is 2.32. The maximum absolute atomic E-state index is 2.65. The van der Waals surface area contributed by atoms with Crippen LogP contribution in [-0.4, -0.2) is 24.8 Å². The molecule has 0 fully saturated rings. The molecule has 0 saturated carbocycles. The first-order chi connectivity index (χ1) is 6.98. The minimum absolute atomic E-state index is 0.324. The molecular weight excluding hydrogens is 180 g/mol. The Kier molecular flexibility index (Phi) is 2.92. The van der Waals surface area contributed by atoms with Crippen LogP contribution in [0.5, 0.6) is 0 Å². The van der Waals surface area contributed by atoms with E-state index in [1.54, 1.807) is 11.2 Å². The molecule has 1 heterocycles. The van der Waals surface area contributed by atoms with Gasteiger partial charge in [0.15, 0.2) is 0 Å². The van der Waals surface area contributed by atoms with E-state index < -0.39 is 0 Å². The molecule has 0 aromatic carbocycles. The second kappa shape index (κ2) is 3.92. The normalized spacial score (nSPS) is 26.9. The van der Waals surface area contributed by atoms with Crippen molar-refractivity contribution < 1.29 is 0 Å². The summed E-state index contributed by atoms with van der Waals surface area (Å²) in [7, 11) is 2.60. The Morgan fingerprint density at radius 2 is 2.07 bits per heavy atom. The van der Waals surface area contributed by atoms with E-state index in [4.69, 9.17) is 0 Å². The summed E-state index contributed by atoms with van der Waals surface area (Å²) in [6, 6.07) is 0. The number of hydrogen-bond donors (Lipinski definition) is 0. The van der Waals surface area contributed by atoms with E-state index in [0.29, 0.717) is 5.54 Å². The molecule has 1 atom stereocenters. The van der Waals surface area contributed by atoms with E-state index in [1.807, 2.05) is 0 Å². The van der Waals surface area contributed by atoms with Gasteiger partial charge in [0, 0.05) is 5.54 Å². The molecule has 0 N–H and O–H groups in total. The fraction of sp³-hybridized carbons (Fsp3) is 0.833. The summed E-state index contributed by atoms with van der Waals surface area (Å²) in [5, 5.41) is 0. The smallest absolute Gasteiger partial charge is 0.202 e. The molecule has 0 saturated heterocycles. The lowest BCUT2D eigenvalue weighted by Gasteiger charge is -2.37. The van der Waals surface area contributed by atoms with Crippen LogP contribution in [0.3, 0.4) is 0 Å². The van der Waals surface area contributed by atoms with Crippen LogP contribution in [-0.2, 0) is 0 Å². The molecule has 1 aliphatic carbocycles. The second-order valence-corrected chi connectivity index (χ2v) is 6.32. The lowest BCUT2D eigenvalue weighted by molar-refractivity contribution is 0.303. The molecular formula is C12H23B2N. The summed E-state index contributed by atoms with van der Waals surface area (Å²) in [5.41, 5.74) is 3.80. The lowest BCUT2D eigenvalue weighted by atomic mass is 9.43. The summed E-state index contributed by atoms with van der Waals surface area (Å²) < 4.78 is 0. The molecule has 0 radical (unpaired) electrons. The average Bonchev–Trinajstić information content (AvgIpc) is 2.40. The number of allylic oxidation sites excluding steroid dienone is 2. The van der Waals surface area contributed by atoms with Gasteiger partial charge in [-0.2, -0.15) is 0 Å². The topological polar surface area (TPSA) is 3.24 Å². The van der Waals surface area contributed by atoms with Crippen molar-refractivity contribution in [2.45, 2.75) is 58.9 Å². The largest absolute Gasteiger partial charge is 0.425 e. The van der Waals surface area contributed by atoms with Crippen LogP contribution in [0.1, 0.15) is 53.4 Å². The van der Waals surface area contributed by atoms with Gasteiger partial charge >= 0.3 is 0 Å². The first-order valence-corrected chi connectivity index (χ1v) is 6.47. The molecule has 0 bridgehead atoms. The second-order valence-electron chi connectivity index (χ2n) is 6.32. The van der Waals surface area contributed by atoms with E-state index in [1.165, 1.54) is 40.2 Å². The first-order valence-electron chi connectivity index (χ1n) is 6.47. The highest BCUT2D eigenvalue weighted by molar-refractivity contribution is 7.04. The van der Waals surface area contributed by atoms with Crippen LogP contribution in [0.15, 0.2) is 11.2 Å². The Bertz CT molecular complexity index is 278. The zero-order chi connectivity index (χ0) is 11.1. The van der Waals surface area contributed by atoms with Crippen molar-refractivity contribution in [3.63, 3.8) is 0 Å². The van der Waals surface area contributed by atoms with Crippen LogP contribution in [0.2, 0.25) is 0 Å². The van der Waals surface area contributed by atoms with E-state index >= 15 is 0 Å². The molecule has 1 unspecified atom stereocenters. The van der Waals surface area contributed by atoms with Crippen LogP contribution >= 0.6 is 0 Å². The Morgan fingerprint density at radius 3 is 2.73 bits per heavy atom. The SMILES string of the molecule is CC1CCCC2=C(BBN2C(C)(C)C)C1. The molecule has 0 aromatic rings. The van der Waals surface area contributed by atoms with Gasteiger partial charge in [0.1, 0.15) is 7.17 Å². The van der Waals surface area contributed by atoms with E-state index in [0.717, 1.165) is 5.92 Å². The molecule has 82 valence electrons. The Morgan fingerprint density at radius 1 is 1.33 bits per heavy atom. The Balaban J connectivity index is 2.20. The third kappa shape index (κ3) is 2.26. The van der Waals surface area contributed by atoms with Crippen LogP contribution in [0, 0.1) is 5.92 Å². The first kappa shape index (κ1) is 11.2. The molecule has 3 heteroatoms. The van der Waals surface area contributed by atoms with Crippen molar-refractivity contribution in [1.82, 2.24) is 4.81 Å². The number of hydrogen-bond acceptors (Lipinski definition) is 1. The fourth-order valence-corrected chi connectivity index (χ4v) is 3.13. The van der Waals surface area contributed by atoms with Gasteiger partial charge in [-0.3, -0.25) is 0 Å². The van der Waals surface area contributed by atoms with Gasteiger partial charge < -0.3 is 4.81 Å². The van der Waals surface area contributed by atoms with Crippen LogP contribution < -0.4 is 0 Å². The van der Waals surface area contributed by atoms with E-state index in [9.17, 15) is 0 Å². The van der Waals surface area contributed by atoms with Crippen LogP contribution in [0.25, 0.3) is 0 Å². The maximum Gasteiger partial charge on any atom is 0.202 e. The van der Waals surface area contributed by atoms with Gasteiger partial charge in [-0.05, 0) is 51.6 Å². The quantitative estimate of drug-likeness (QED) is 0.545. The van der Waals surface area contributed by atoms with Crippen LogP contribution in [0.4, 0.5) is 0 Å². The molecule has 15 heavy (non-hydrogen) atoms. The summed E-state index contributed by atoms with van der Waals surface area (Å²) in [6.07, 6.45) is 5.51. The average molecular weight is 203 g/mol. The van der Waals surface area contributed by atoms with Crippen molar-refractivity contribution in [3.05, 3.63) is 11.2 Å². The fourth-order valence-electron chi connectivity index (χ4n) is 3.13. The van der Waals surface area contributed by atoms with Gasteiger partial charge in [0.05, 0.1) is 0 Å². The summed E-state index contributed by atoms with van der Waals surface area (Å²) in [5.74, 6) is 0.914. The van der Waals surface area contributed by atoms with Gasteiger partial charge in [-0.1, -0.05) is 18.8 Å². The molecule has 1 aliphatic heterocycles. The summed E-state index contributed by atoms with van der Waals surface area (Å²) in [4.78, 5) is 2.65. The van der Waals surface area contributed by atoms with Crippen molar-refractivity contribution >= 4 is 14.5 Å². The maximum atomic E-state index is 2.65. The third-order valence-corrected chi connectivity index (χ3v) is 3.89. The Labute approximate surface area is 95.8 Å². The predicted molar refractivity (Wildman–Crippen MR) is 70.5 cm³/mol. The zero-order valence-electron chi connectivity index (χ0n) is 10.8. The zero-order valence-corrected chi connectivity index (χ0v) is 10.8. The molecule has 0 amide bonds. The highest BCUT2D eigenvalue weighted by atomic mass is 15.1. The molecule has 2 rings (SSSR count). The Hall–Kier alpha value is -0.330. The van der Waals surface area contributed by atoms with Crippen molar-refractivity contribution in [2.24, 2.45) is 5.92 Å².